The van der Waals surface area contributed by atoms with Crippen molar-refractivity contribution in [2.24, 2.45) is 4.99 Å². The first-order valence-corrected chi connectivity index (χ1v) is 12.9. The van der Waals surface area contributed by atoms with E-state index in [0.717, 1.165) is 6.08 Å². The van der Waals surface area contributed by atoms with Crippen molar-refractivity contribution in [2.45, 2.75) is 19.1 Å². The summed E-state index contributed by atoms with van der Waals surface area (Å²) in [5.74, 6) is -1.50. The summed E-state index contributed by atoms with van der Waals surface area (Å²) in [5, 5.41) is 14.7. The summed E-state index contributed by atoms with van der Waals surface area (Å²) < 4.78 is 25.4. The van der Waals surface area contributed by atoms with Crippen molar-refractivity contribution in [1.29, 1.82) is 0 Å². The van der Waals surface area contributed by atoms with Crippen molar-refractivity contribution in [3.63, 3.8) is 0 Å². The van der Waals surface area contributed by atoms with Crippen molar-refractivity contribution in [1.82, 2.24) is 15.2 Å². The zero-order valence-electron chi connectivity index (χ0n) is 19.3. The van der Waals surface area contributed by atoms with E-state index in [1.165, 1.54) is 29.5 Å². The molecule has 1 fully saturated rings. The van der Waals surface area contributed by atoms with Crippen LogP contribution in [-0.2, 0) is 19.1 Å². The molecular weight excluding hydrogens is 555 g/mol. The summed E-state index contributed by atoms with van der Waals surface area (Å²) in [6, 6.07) is 3.49. The van der Waals surface area contributed by atoms with Gasteiger partial charge in [0.1, 0.15) is 11.9 Å². The Balaban J connectivity index is 1.74. The van der Waals surface area contributed by atoms with Crippen LogP contribution >= 0.6 is 27.3 Å². The van der Waals surface area contributed by atoms with Crippen molar-refractivity contribution >= 4 is 45.0 Å². The first-order chi connectivity index (χ1) is 17.4. The first kappa shape index (κ1) is 26.1. The number of esters is 1. The summed E-state index contributed by atoms with van der Waals surface area (Å²) in [4.78, 5) is 35.4. The largest absolute Gasteiger partial charge is 0.478 e. The monoisotopic (exact) mass is 578 g/mol. The van der Waals surface area contributed by atoms with E-state index in [1.807, 2.05) is 5.38 Å². The van der Waals surface area contributed by atoms with Gasteiger partial charge < -0.3 is 19.9 Å². The molecule has 36 heavy (non-hydrogen) atoms. The number of rotatable bonds is 8. The molecule has 0 saturated carbocycles. The number of morpholine rings is 1. The number of carbonyl (C=O) groups excluding carboxylic acids is 1. The van der Waals surface area contributed by atoms with E-state index in [1.54, 1.807) is 19.2 Å². The lowest BCUT2D eigenvalue weighted by atomic mass is 9.95. The van der Waals surface area contributed by atoms with Crippen molar-refractivity contribution in [3.8, 4) is 0 Å². The van der Waals surface area contributed by atoms with Crippen LogP contribution in [0.1, 0.15) is 23.5 Å². The molecule has 1 saturated heterocycles. The van der Waals surface area contributed by atoms with Gasteiger partial charge in [-0.2, -0.15) is 0 Å². The van der Waals surface area contributed by atoms with Crippen molar-refractivity contribution in [3.05, 3.63) is 74.1 Å². The van der Waals surface area contributed by atoms with E-state index in [-0.39, 0.29) is 6.61 Å². The number of carboxylic acid groups (broad SMARTS) is 1. The summed E-state index contributed by atoms with van der Waals surface area (Å²) >= 11 is 4.82. The third-order valence-electron chi connectivity index (χ3n) is 5.53. The van der Waals surface area contributed by atoms with Crippen molar-refractivity contribution < 1.29 is 28.6 Å². The Morgan fingerprint density at radius 2 is 2.28 bits per heavy atom. The Hall–Kier alpha value is -2.93. The fourth-order valence-corrected chi connectivity index (χ4v) is 5.13. The molecule has 4 rings (SSSR count). The van der Waals surface area contributed by atoms with Crippen molar-refractivity contribution in [2.75, 3.05) is 32.8 Å². The molecule has 190 valence electrons. The average Bonchev–Trinajstić information content (AvgIpc) is 3.38. The first-order valence-electron chi connectivity index (χ1n) is 11.2. The predicted octanol–water partition coefficient (Wildman–Crippen LogP) is 3.29. The molecule has 0 radical (unpaired) electrons. The second-order valence-electron chi connectivity index (χ2n) is 7.96. The number of nitrogens with zero attached hydrogens (tertiary/aromatic N) is 3. The molecule has 0 spiro atoms. The molecule has 0 bridgehead atoms. The van der Waals surface area contributed by atoms with Crippen LogP contribution in [0.15, 0.2) is 62.7 Å². The number of ether oxygens (including phenoxy) is 2. The Morgan fingerprint density at radius 1 is 1.44 bits per heavy atom. The molecule has 12 heteroatoms. The highest BCUT2D eigenvalue weighted by atomic mass is 79.9. The molecule has 1 aromatic carbocycles. The molecule has 2 N–H and O–H groups in total. The predicted molar refractivity (Wildman–Crippen MR) is 135 cm³/mol. The number of aromatic nitrogens is 1. The number of benzene rings is 1. The number of amidine groups is 1. The number of hydrogen-bond acceptors (Lipinski definition) is 9. The highest BCUT2D eigenvalue weighted by molar-refractivity contribution is 9.10. The fraction of sp³-hybridized carbons (Fsp3) is 0.333. The minimum Gasteiger partial charge on any atom is -0.478 e. The molecule has 2 atom stereocenters. The number of carboxylic acids is 1. The molecule has 1 aromatic heterocycles. The Morgan fingerprint density at radius 3 is 2.97 bits per heavy atom. The standard InChI is InChI=1S/C24H24BrFN4O5S/c1-2-34-24(33)20-18(13-30-8-9-35-15(12-30)4-6-19(31)32)28-22(23-27-7-10-36-23)29-21(20)16-5-3-14(26)11-17(16)25/h3-7,10-11,15,21H,2,8-9,12-13H2,1H3,(H,28,29)(H,31,32)/b6-4+. The van der Waals surface area contributed by atoms with Crippen LogP contribution in [0.5, 0.6) is 0 Å². The second kappa shape index (κ2) is 11.9. The normalized spacial score (nSPS) is 20.8. The number of hydrogen-bond donors (Lipinski definition) is 2. The lowest BCUT2D eigenvalue weighted by molar-refractivity contribution is -0.139. The van der Waals surface area contributed by atoms with Crippen LogP contribution in [-0.4, -0.2) is 71.7 Å². The maximum absolute atomic E-state index is 13.9. The third-order valence-corrected chi connectivity index (χ3v) is 6.99. The van der Waals surface area contributed by atoms with Gasteiger partial charge in [0.15, 0.2) is 10.8 Å². The highest BCUT2D eigenvalue weighted by Gasteiger charge is 2.35. The average molecular weight is 579 g/mol. The summed E-state index contributed by atoms with van der Waals surface area (Å²) in [5.41, 5.74) is 1.50. The van der Waals surface area contributed by atoms with Crippen LogP contribution in [0, 0.1) is 5.82 Å². The third kappa shape index (κ3) is 6.25. The maximum atomic E-state index is 13.9. The molecule has 2 aliphatic heterocycles. The zero-order chi connectivity index (χ0) is 25.7. The van der Waals surface area contributed by atoms with E-state index >= 15 is 0 Å². The number of aliphatic carboxylic acids is 1. The molecule has 2 unspecified atom stereocenters. The Kier molecular flexibility index (Phi) is 8.62. The molecule has 2 aliphatic rings. The number of nitrogens with one attached hydrogen (secondary N) is 1. The van der Waals surface area contributed by atoms with Crippen LogP contribution in [0.25, 0.3) is 0 Å². The molecular formula is C24H24BrFN4O5S. The molecule has 9 nitrogen and oxygen atoms in total. The molecule has 0 aliphatic carbocycles. The Bertz CT molecular complexity index is 1220. The van der Waals surface area contributed by atoms with Gasteiger partial charge in [-0.25, -0.2) is 19.0 Å². The van der Waals surface area contributed by atoms with E-state index in [2.05, 4.69) is 31.1 Å². The summed E-state index contributed by atoms with van der Waals surface area (Å²) in [7, 11) is 0. The lowest BCUT2D eigenvalue weighted by Gasteiger charge is -2.34. The molecule has 3 heterocycles. The summed E-state index contributed by atoms with van der Waals surface area (Å²) in [6.45, 7) is 3.64. The van der Waals surface area contributed by atoms with E-state index in [4.69, 9.17) is 19.6 Å². The van der Waals surface area contributed by atoms with Crippen LogP contribution < -0.4 is 5.32 Å². The van der Waals surface area contributed by atoms with Crippen LogP contribution in [0.3, 0.4) is 0 Å². The minimum absolute atomic E-state index is 0.176. The number of halogens is 2. The second-order valence-corrected chi connectivity index (χ2v) is 9.71. The van der Waals surface area contributed by atoms with Gasteiger partial charge in [0.05, 0.1) is 24.9 Å². The molecule has 2 aromatic rings. The Labute approximate surface area is 219 Å². The van der Waals surface area contributed by atoms with Gasteiger partial charge in [0, 0.05) is 47.5 Å². The SMILES string of the molecule is CCOC(=O)C1=C(CN2CCOC(/C=C/C(=O)O)C2)NC(c2nccs2)=NC1c1ccc(F)cc1Br. The number of carbonyl (C=O) groups is 2. The van der Waals surface area contributed by atoms with Gasteiger partial charge >= 0.3 is 11.9 Å². The molecule has 0 amide bonds. The van der Waals surface area contributed by atoms with Gasteiger partial charge in [0.2, 0.25) is 0 Å². The number of aliphatic imine (C=N–C) groups is 1. The summed E-state index contributed by atoms with van der Waals surface area (Å²) in [6.07, 6.45) is 3.83. The van der Waals surface area contributed by atoms with E-state index < -0.39 is 29.9 Å². The minimum atomic E-state index is -1.05. The van der Waals surface area contributed by atoms with Crippen LogP contribution in [0.2, 0.25) is 0 Å². The van der Waals surface area contributed by atoms with Gasteiger partial charge in [0.25, 0.3) is 0 Å². The van der Waals surface area contributed by atoms with Gasteiger partial charge in [-0.15, -0.1) is 11.3 Å². The van der Waals surface area contributed by atoms with Crippen LogP contribution in [0.4, 0.5) is 4.39 Å². The maximum Gasteiger partial charge on any atom is 0.338 e. The lowest BCUT2D eigenvalue weighted by Crippen LogP contribution is -2.46. The van der Waals surface area contributed by atoms with E-state index in [9.17, 15) is 14.0 Å². The van der Waals surface area contributed by atoms with Gasteiger partial charge in [-0.05, 0) is 30.7 Å². The quantitative estimate of drug-likeness (QED) is 0.362. The van der Waals surface area contributed by atoms with E-state index in [0.29, 0.717) is 58.4 Å². The topological polar surface area (TPSA) is 113 Å². The fourth-order valence-electron chi connectivity index (χ4n) is 3.97. The smallest absolute Gasteiger partial charge is 0.338 e. The highest BCUT2D eigenvalue weighted by Crippen LogP contribution is 2.37. The number of thiazole rings is 1. The zero-order valence-corrected chi connectivity index (χ0v) is 21.7. The van der Waals surface area contributed by atoms with Gasteiger partial charge in [-0.1, -0.05) is 22.0 Å². The van der Waals surface area contributed by atoms with Gasteiger partial charge in [-0.3, -0.25) is 9.89 Å².